The Labute approximate surface area is 128 Å². The van der Waals surface area contributed by atoms with E-state index in [0.717, 1.165) is 13.0 Å². The zero-order valence-corrected chi connectivity index (χ0v) is 13.1. The number of nitrogens with zero attached hydrogens (tertiary/aromatic N) is 1. The minimum atomic E-state index is 0.199. The molecule has 3 rings (SSSR count). The minimum Gasteiger partial charge on any atom is -0.368 e. The van der Waals surface area contributed by atoms with Gasteiger partial charge in [0.2, 0.25) is 0 Å². The monoisotopic (exact) mass is 279 g/mol. The molecule has 0 radical (unpaired) electrons. The largest absolute Gasteiger partial charge is 0.368 e. The molecule has 0 spiro atoms. The van der Waals surface area contributed by atoms with E-state index in [2.05, 4.69) is 80.0 Å². The molecule has 110 valence electrons. The Hall–Kier alpha value is -1.76. The zero-order chi connectivity index (χ0) is 14.9. The van der Waals surface area contributed by atoms with Gasteiger partial charge in [-0.05, 0) is 31.2 Å². The van der Waals surface area contributed by atoms with Gasteiger partial charge in [-0.3, -0.25) is 0 Å². The summed E-state index contributed by atoms with van der Waals surface area (Å²) in [5.41, 5.74) is 2.88. The van der Waals surface area contributed by atoms with Crippen LogP contribution in [0.2, 0.25) is 0 Å². The highest BCUT2D eigenvalue weighted by Gasteiger charge is 2.43. The Bertz CT molecular complexity index is 569. The van der Waals surface area contributed by atoms with E-state index in [1.165, 1.54) is 17.7 Å². The molecule has 1 heterocycles. The third kappa shape index (κ3) is 2.46. The van der Waals surface area contributed by atoms with Crippen molar-refractivity contribution in [2.24, 2.45) is 11.3 Å². The van der Waals surface area contributed by atoms with Crippen LogP contribution in [0.15, 0.2) is 66.9 Å². The normalized spacial score (nSPS) is 29.9. The SMILES string of the molecule is C=C1N([C@H](C)c2ccccc2)CCC1(C)[C@H]1C=CC=CC1. The number of hydrogen-bond acceptors (Lipinski definition) is 1. The van der Waals surface area contributed by atoms with E-state index in [9.17, 15) is 0 Å². The predicted molar refractivity (Wildman–Crippen MR) is 89.8 cm³/mol. The topological polar surface area (TPSA) is 3.24 Å². The molecule has 1 saturated heterocycles. The van der Waals surface area contributed by atoms with Crippen LogP contribution in [-0.2, 0) is 0 Å². The molecule has 0 N–H and O–H groups in total. The smallest absolute Gasteiger partial charge is 0.0511 e. The van der Waals surface area contributed by atoms with E-state index in [1.807, 2.05) is 0 Å². The second kappa shape index (κ2) is 5.55. The summed E-state index contributed by atoms with van der Waals surface area (Å²) < 4.78 is 0. The van der Waals surface area contributed by atoms with Crippen molar-refractivity contribution in [3.05, 3.63) is 72.5 Å². The van der Waals surface area contributed by atoms with E-state index >= 15 is 0 Å². The van der Waals surface area contributed by atoms with E-state index < -0.39 is 0 Å². The Balaban J connectivity index is 1.80. The number of hydrogen-bond donors (Lipinski definition) is 0. The van der Waals surface area contributed by atoms with Crippen LogP contribution in [0, 0.1) is 11.3 Å². The van der Waals surface area contributed by atoms with E-state index in [1.54, 1.807) is 0 Å². The minimum absolute atomic E-state index is 0.199. The van der Waals surface area contributed by atoms with E-state index in [-0.39, 0.29) is 5.41 Å². The molecule has 1 unspecified atom stereocenters. The van der Waals surface area contributed by atoms with Crippen LogP contribution in [0.4, 0.5) is 0 Å². The second-order valence-corrected chi connectivity index (χ2v) is 6.55. The average Bonchev–Trinajstić information content (AvgIpc) is 2.85. The Morgan fingerprint density at radius 3 is 2.67 bits per heavy atom. The van der Waals surface area contributed by atoms with E-state index in [4.69, 9.17) is 0 Å². The lowest BCUT2D eigenvalue weighted by Crippen LogP contribution is -2.29. The summed E-state index contributed by atoms with van der Waals surface area (Å²) >= 11 is 0. The van der Waals surface area contributed by atoms with Crippen LogP contribution >= 0.6 is 0 Å². The Morgan fingerprint density at radius 2 is 2.00 bits per heavy atom. The number of likely N-dealkylation sites (tertiary alicyclic amines) is 1. The first-order chi connectivity index (χ1) is 10.1. The van der Waals surface area contributed by atoms with Crippen molar-refractivity contribution in [2.75, 3.05) is 6.54 Å². The Morgan fingerprint density at radius 1 is 1.24 bits per heavy atom. The number of rotatable bonds is 3. The molecule has 21 heavy (non-hydrogen) atoms. The standard InChI is InChI=1S/C20H25N/c1-16(18-10-6-4-7-11-18)21-15-14-20(3,17(21)2)19-12-8-5-9-13-19/h4-12,16,19H,2,13-15H2,1,3H3/t16-,19+,20?/m1/s1. The van der Waals surface area contributed by atoms with Crippen LogP contribution in [0.1, 0.15) is 38.3 Å². The van der Waals surface area contributed by atoms with Crippen molar-refractivity contribution in [3.63, 3.8) is 0 Å². The number of benzene rings is 1. The van der Waals surface area contributed by atoms with Crippen molar-refractivity contribution in [1.29, 1.82) is 0 Å². The van der Waals surface area contributed by atoms with Gasteiger partial charge in [-0.15, -0.1) is 0 Å². The molecular formula is C20H25N. The highest BCUT2D eigenvalue weighted by atomic mass is 15.2. The summed E-state index contributed by atoms with van der Waals surface area (Å²) in [4.78, 5) is 2.50. The fourth-order valence-corrected chi connectivity index (χ4v) is 3.75. The summed E-state index contributed by atoms with van der Waals surface area (Å²) in [5, 5.41) is 0. The van der Waals surface area contributed by atoms with Gasteiger partial charge in [0, 0.05) is 17.7 Å². The second-order valence-electron chi connectivity index (χ2n) is 6.55. The highest BCUT2D eigenvalue weighted by Crippen LogP contribution is 2.50. The van der Waals surface area contributed by atoms with Gasteiger partial charge in [0.1, 0.15) is 0 Å². The Kier molecular flexibility index (Phi) is 3.75. The zero-order valence-electron chi connectivity index (χ0n) is 13.1. The van der Waals surface area contributed by atoms with Crippen LogP contribution in [0.3, 0.4) is 0 Å². The van der Waals surface area contributed by atoms with Gasteiger partial charge >= 0.3 is 0 Å². The van der Waals surface area contributed by atoms with Gasteiger partial charge in [-0.2, -0.15) is 0 Å². The van der Waals surface area contributed by atoms with Crippen LogP contribution in [0.5, 0.6) is 0 Å². The molecule has 0 bridgehead atoms. The first-order valence-corrected chi connectivity index (χ1v) is 7.97. The maximum absolute atomic E-state index is 4.48. The molecule has 1 fully saturated rings. The number of allylic oxidation sites excluding steroid dienone is 5. The molecule has 0 aromatic heterocycles. The van der Waals surface area contributed by atoms with Crippen molar-refractivity contribution < 1.29 is 0 Å². The van der Waals surface area contributed by atoms with Crippen molar-refractivity contribution in [1.82, 2.24) is 4.90 Å². The third-order valence-corrected chi connectivity index (χ3v) is 5.43. The van der Waals surface area contributed by atoms with Gasteiger partial charge in [0.25, 0.3) is 0 Å². The van der Waals surface area contributed by atoms with Gasteiger partial charge in [0.15, 0.2) is 0 Å². The fourth-order valence-electron chi connectivity index (χ4n) is 3.75. The van der Waals surface area contributed by atoms with Gasteiger partial charge in [-0.1, -0.05) is 68.1 Å². The lowest BCUT2D eigenvalue weighted by molar-refractivity contribution is 0.262. The lowest BCUT2D eigenvalue weighted by atomic mass is 9.71. The van der Waals surface area contributed by atoms with Crippen molar-refractivity contribution >= 4 is 0 Å². The molecule has 1 heteroatoms. The molecule has 1 aromatic rings. The first-order valence-electron chi connectivity index (χ1n) is 7.97. The van der Waals surface area contributed by atoms with Crippen molar-refractivity contribution in [3.8, 4) is 0 Å². The first kappa shape index (κ1) is 14.2. The summed E-state index contributed by atoms with van der Waals surface area (Å²) in [5.74, 6) is 0.586. The predicted octanol–water partition coefficient (Wildman–Crippen LogP) is 5.11. The molecule has 2 aliphatic rings. The third-order valence-electron chi connectivity index (χ3n) is 5.43. The molecule has 1 aromatic carbocycles. The van der Waals surface area contributed by atoms with Gasteiger partial charge in [0.05, 0.1) is 6.04 Å². The van der Waals surface area contributed by atoms with E-state index in [0.29, 0.717) is 12.0 Å². The quantitative estimate of drug-likeness (QED) is 0.743. The maximum atomic E-state index is 4.48. The van der Waals surface area contributed by atoms with Crippen LogP contribution in [0.25, 0.3) is 0 Å². The highest BCUT2D eigenvalue weighted by molar-refractivity contribution is 5.27. The summed E-state index contributed by atoms with van der Waals surface area (Å²) in [7, 11) is 0. The van der Waals surface area contributed by atoms with Crippen LogP contribution in [-0.4, -0.2) is 11.4 Å². The summed E-state index contributed by atoms with van der Waals surface area (Å²) in [6.45, 7) is 10.3. The maximum Gasteiger partial charge on any atom is 0.0511 e. The molecular weight excluding hydrogens is 254 g/mol. The molecule has 1 nitrogen and oxygen atoms in total. The van der Waals surface area contributed by atoms with Crippen molar-refractivity contribution in [2.45, 2.75) is 32.7 Å². The average molecular weight is 279 g/mol. The molecule has 0 saturated carbocycles. The van der Waals surface area contributed by atoms with Gasteiger partial charge in [-0.25, -0.2) is 0 Å². The fraction of sp³-hybridized carbons (Fsp3) is 0.400. The van der Waals surface area contributed by atoms with Crippen LogP contribution < -0.4 is 0 Å². The molecule has 1 aliphatic carbocycles. The van der Waals surface area contributed by atoms with Gasteiger partial charge < -0.3 is 4.90 Å². The molecule has 3 atom stereocenters. The summed E-state index contributed by atoms with van der Waals surface area (Å²) in [6, 6.07) is 11.2. The molecule has 0 amide bonds. The summed E-state index contributed by atoms with van der Waals surface area (Å²) in [6.07, 6.45) is 11.3. The molecule has 1 aliphatic heterocycles. The lowest BCUT2D eigenvalue weighted by Gasteiger charge is -2.37.